The molecule has 3 rings (SSSR count). The van der Waals surface area contributed by atoms with Gasteiger partial charge in [0.15, 0.2) is 6.10 Å². The first-order valence-corrected chi connectivity index (χ1v) is 9.21. The largest absolute Gasteiger partial charge is 0.479 e. The van der Waals surface area contributed by atoms with Crippen LogP contribution in [0.2, 0.25) is 10.0 Å². The predicted octanol–water partition coefficient (Wildman–Crippen LogP) is 4.32. The third kappa shape index (κ3) is 5.49. The van der Waals surface area contributed by atoms with E-state index in [0.29, 0.717) is 28.9 Å². The molecule has 0 bridgehead atoms. The summed E-state index contributed by atoms with van der Waals surface area (Å²) >= 11 is 11.9. The standard InChI is InChI=1S/C20H19Cl2N3O2/c1-14(27-19-7-6-17(21)11-18(19)22)20(26)23-12-15-4-2-5-16(10-15)13-25-9-3-8-24-25/h2-11,14H,12-13H2,1H3,(H,23,26). The van der Waals surface area contributed by atoms with Crippen LogP contribution < -0.4 is 10.1 Å². The number of nitrogens with one attached hydrogen (secondary N) is 1. The van der Waals surface area contributed by atoms with Crippen LogP contribution in [0.4, 0.5) is 0 Å². The van der Waals surface area contributed by atoms with E-state index in [1.54, 1.807) is 31.3 Å². The molecule has 7 heteroatoms. The van der Waals surface area contributed by atoms with Gasteiger partial charge in [0.1, 0.15) is 5.75 Å². The Balaban J connectivity index is 1.55. The summed E-state index contributed by atoms with van der Waals surface area (Å²) in [4.78, 5) is 12.3. The molecule has 1 aromatic heterocycles. The van der Waals surface area contributed by atoms with Crippen LogP contribution in [0.15, 0.2) is 60.9 Å². The van der Waals surface area contributed by atoms with Gasteiger partial charge in [-0.2, -0.15) is 5.10 Å². The molecule has 0 radical (unpaired) electrons. The van der Waals surface area contributed by atoms with Gasteiger partial charge >= 0.3 is 0 Å². The van der Waals surface area contributed by atoms with Gasteiger partial charge in [0.2, 0.25) is 0 Å². The highest BCUT2D eigenvalue weighted by molar-refractivity contribution is 6.35. The smallest absolute Gasteiger partial charge is 0.261 e. The monoisotopic (exact) mass is 403 g/mol. The number of carbonyl (C=O) groups is 1. The fourth-order valence-corrected chi connectivity index (χ4v) is 3.02. The molecule has 1 unspecified atom stereocenters. The molecule has 0 aliphatic heterocycles. The van der Waals surface area contributed by atoms with E-state index in [9.17, 15) is 4.79 Å². The van der Waals surface area contributed by atoms with Crippen LogP contribution in [0.3, 0.4) is 0 Å². The number of aromatic nitrogens is 2. The lowest BCUT2D eigenvalue weighted by Gasteiger charge is -2.16. The van der Waals surface area contributed by atoms with Crippen molar-refractivity contribution >= 4 is 29.1 Å². The Morgan fingerprint density at radius 3 is 2.74 bits per heavy atom. The van der Waals surface area contributed by atoms with E-state index in [-0.39, 0.29) is 5.91 Å². The first-order valence-electron chi connectivity index (χ1n) is 8.46. The van der Waals surface area contributed by atoms with Gasteiger partial charge in [-0.25, -0.2) is 0 Å². The quantitative estimate of drug-likeness (QED) is 0.638. The third-order valence-corrected chi connectivity index (χ3v) is 4.46. The molecule has 1 heterocycles. The SMILES string of the molecule is CC(Oc1ccc(Cl)cc1Cl)C(=O)NCc1cccc(Cn2cccn2)c1. The molecule has 1 amide bonds. The van der Waals surface area contributed by atoms with Crippen LogP contribution in [0.5, 0.6) is 5.75 Å². The van der Waals surface area contributed by atoms with Crippen molar-refractivity contribution in [3.63, 3.8) is 0 Å². The average Bonchev–Trinajstić information content (AvgIpc) is 3.15. The number of ether oxygens (including phenoxy) is 1. The van der Waals surface area contributed by atoms with E-state index in [0.717, 1.165) is 11.1 Å². The summed E-state index contributed by atoms with van der Waals surface area (Å²) in [7, 11) is 0. The molecule has 0 aliphatic carbocycles. The minimum absolute atomic E-state index is 0.224. The fraction of sp³-hybridized carbons (Fsp3) is 0.200. The van der Waals surface area contributed by atoms with Gasteiger partial charge in [-0.3, -0.25) is 9.48 Å². The van der Waals surface area contributed by atoms with Crippen LogP contribution in [0.1, 0.15) is 18.1 Å². The van der Waals surface area contributed by atoms with Crippen molar-refractivity contribution < 1.29 is 9.53 Å². The molecule has 0 saturated heterocycles. The van der Waals surface area contributed by atoms with Crippen molar-refractivity contribution in [3.8, 4) is 5.75 Å². The molecule has 1 atom stereocenters. The van der Waals surface area contributed by atoms with Crippen LogP contribution in [0.25, 0.3) is 0 Å². The zero-order chi connectivity index (χ0) is 19.2. The summed E-state index contributed by atoms with van der Waals surface area (Å²) in [5.41, 5.74) is 2.12. The second-order valence-electron chi connectivity index (χ2n) is 6.08. The predicted molar refractivity (Wildman–Crippen MR) is 106 cm³/mol. The number of nitrogens with zero attached hydrogens (tertiary/aromatic N) is 2. The molecule has 0 fully saturated rings. The van der Waals surface area contributed by atoms with Crippen molar-refractivity contribution in [2.75, 3.05) is 0 Å². The number of benzene rings is 2. The highest BCUT2D eigenvalue weighted by atomic mass is 35.5. The van der Waals surface area contributed by atoms with Crippen molar-refractivity contribution in [2.24, 2.45) is 0 Å². The Morgan fingerprint density at radius 2 is 2.00 bits per heavy atom. The molecule has 0 spiro atoms. The number of rotatable bonds is 7. The Bertz CT molecular complexity index is 913. The van der Waals surface area contributed by atoms with Crippen molar-refractivity contribution in [1.29, 1.82) is 0 Å². The summed E-state index contributed by atoms with van der Waals surface area (Å²) in [6.45, 7) is 2.77. The number of halogens is 2. The van der Waals surface area contributed by atoms with Crippen LogP contribution in [-0.4, -0.2) is 21.8 Å². The van der Waals surface area contributed by atoms with Gasteiger partial charge in [0, 0.05) is 24.0 Å². The topological polar surface area (TPSA) is 56.1 Å². The molecular formula is C20H19Cl2N3O2. The van der Waals surface area contributed by atoms with Gasteiger partial charge in [-0.1, -0.05) is 47.5 Å². The van der Waals surface area contributed by atoms with E-state index >= 15 is 0 Å². The summed E-state index contributed by atoms with van der Waals surface area (Å²) in [6, 6.07) is 14.8. The van der Waals surface area contributed by atoms with Gasteiger partial charge in [0.25, 0.3) is 5.91 Å². The number of hydrogen-bond acceptors (Lipinski definition) is 3. The van der Waals surface area contributed by atoms with E-state index in [1.807, 2.05) is 41.2 Å². The van der Waals surface area contributed by atoms with Crippen molar-refractivity contribution in [2.45, 2.75) is 26.1 Å². The van der Waals surface area contributed by atoms with E-state index in [2.05, 4.69) is 10.4 Å². The van der Waals surface area contributed by atoms with Gasteiger partial charge in [-0.05, 0) is 42.3 Å². The lowest BCUT2D eigenvalue weighted by molar-refractivity contribution is -0.127. The summed E-state index contributed by atoms with van der Waals surface area (Å²) in [6.07, 6.45) is 2.98. The summed E-state index contributed by atoms with van der Waals surface area (Å²) < 4.78 is 7.48. The van der Waals surface area contributed by atoms with Crippen LogP contribution in [-0.2, 0) is 17.9 Å². The van der Waals surface area contributed by atoms with E-state index < -0.39 is 6.10 Å². The lowest BCUT2D eigenvalue weighted by atomic mass is 10.1. The van der Waals surface area contributed by atoms with E-state index in [1.165, 1.54) is 0 Å². The molecule has 27 heavy (non-hydrogen) atoms. The molecule has 140 valence electrons. The Kier molecular flexibility index (Phi) is 6.37. The maximum absolute atomic E-state index is 12.3. The maximum atomic E-state index is 12.3. The summed E-state index contributed by atoms with van der Waals surface area (Å²) in [5, 5.41) is 7.97. The molecule has 0 saturated carbocycles. The van der Waals surface area contributed by atoms with Crippen LogP contribution >= 0.6 is 23.2 Å². The number of carbonyl (C=O) groups excluding carboxylic acids is 1. The molecule has 1 N–H and O–H groups in total. The first kappa shape index (κ1) is 19.3. The third-order valence-electron chi connectivity index (χ3n) is 3.93. The Labute approximate surface area is 167 Å². The molecular weight excluding hydrogens is 385 g/mol. The zero-order valence-corrected chi connectivity index (χ0v) is 16.2. The summed E-state index contributed by atoms with van der Waals surface area (Å²) in [5.74, 6) is 0.198. The van der Waals surface area contributed by atoms with Gasteiger partial charge in [0.05, 0.1) is 11.6 Å². The minimum atomic E-state index is -0.684. The van der Waals surface area contributed by atoms with Crippen molar-refractivity contribution in [3.05, 3.63) is 82.1 Å². The molecule has 0 aliphatic rings. The highest BCUT2D eigenvalue weighted by Crippen LogP contribution is 2.28. The normalized spacial score (nSPS) is 11.8. The van der Waals surface area contributed by atoms with Gasteiger partial charge < -0.3 is 10.1 Å². The van der Waals surface area contributed by atoms with Crippen molar-refractivity contribution in [1.82, 2.24) is 15.1 Å². The minimum Gasteiger partial charge on any atom is -0.479 e. The number of amides is 1. The zero-order valence-electron chi connectivity index (χ0n) is 14.7. The molecule has 2 aromatic carbocycles. The second kappa shape index (κ2) is 8.93. The highest BCUT2D eigenvalue weighted by Gasteiger charge is 2.16. The Hall–Kier alpha value is -2.50. The Morgan fingerprint density at radius 1 is 1.19 bits per heavy atom. The van der Waals surface area contributed by atoms with E-state index in [4.69, 9.17) is 27.9 Å². The average molecular weight is 404 g/mol. The van der Waals surface area contributed by atoms with Gasteiger partial charge in [-0.15, -0.1) is 0 Å². The second-order valence-corrected chi connectivity index (χ2v) is 6.92. The fourth-order valence-electron chi connectivity index (χ4n) is 2.57. The lowest BCUT2D eigenvalue weighted by Crippen LogP contribution is -2.36. The van der Waals surface area contributed by atoms with Crippen LogP contribution in [0, 0.1) is 0 Å². The maximum Gasteiger partial charge on any atom is 0.261 e. The first-order chi connectivity index (χ1) is 13.0. The molecule has 5 nitrogen and oxygen atoms in total. The number of hydrogen-bond donors (Lipinski definition) is 1. The molecule has 3 aromatic rings.